The molecule has 1 aromatic heterocycles. The number of aromatic nitrogens is 1. The molecule has 0 aliphatic carbocycles. The van der Waals surface area contributed by atoms with E-state index in [1.54, 1.807) is 37.5 Å². The molecule has 0 aliphatic heterocycles. The minimum Gasteiger partial charge on any atom is -0.462 e. The van der Waals surface area contributed by atoms with Gasteiger partial charge in [0.05, 0.1) is 12.2 Å². The second kappa shape index (κ2) is 7.17. The number of anilines is 1. The molecule has 0 fully saturated rings. The van der Waals surface area contributed by atoms with Gasteiger partial charge in [-0.25, -0.2) is 4.79 Å². The summed E-state index contributed by atoms with van der Waals surface area (Å²) in [5, 5.41) is 2.69. The van der Waals surface area contributed by atoms with Crippen molar-refractivity contribution >= 4 is 33.5 Å². The van der Waals surface area contributed by atoms with Gasteiger partial charge in [-0.2, -0.15) is 0 Å². The maximum atomic E-state index is 12.0. The SMILES string of the molecule is CCOC(=O)c1cc(NC(C)=O)cc(-c2ccncc2Br)c1. The van der Waals surface area contributed by atoms with Gasteiger partial charge in [-0.1, -0.05) is 0 Å². The van der Waals surface area contributed by atoms with E-state index < -0.39 is 5.97 Å². The molecule has 1 aromatic carbocycles. The van der Waals surface area contributed by atoms with Crippen molar-refractivity contribution < 1.29 is 14.3 Å². The van der Waals surface area contributed by atoms with E-state index in [0.717, 1.165) is 15.6 Å². The molecule has 2 aromatic rings. The number of pyridine rings is 1. The van der Waals surface area contributed by atoms with Gasteiger partial charge in [-0.3, -0.25) is 9.78 Å². The maximum Gasteiger partial charge on any atom is 0.338 e. The monoisotopic (exact) mass is 362 g/mol. The zero-order valence-corrected chi connectivity index (χ0v) is 13.8. The maximum absolute atomic E-state index is 12.0. The molecule has 5 nitrogen and oxygen atoms in total. The summed E-state index contributed by atoms with van der Waals surface area (Å²) >= 11 is 3.43. The van der Waals surface area contributed by atoms with Crippen LogP contribution >= 0.6 is 15.9 Å². The molecule has 1 N–H and O–H groups in total. The number of carbonyl (C=O) groups excluding carboxylic acids is 2. The molecule has 2 rings (SSSR count). The number of hydrogen-bond donors (Lipinski definition) is 1. The summed E-state index contributed by atoms with van der Waals surface area (Å²) in [6.45, 7) is 3.45. The highest BCUT2D eigenvalue weighted by molar-refractivity contribution is 9.10. The predicted molar refractivity (Wildman–Crippen MR) is 87.6 cm³/mol. The van der Waals surface area contributed by atoms with Crippen LogP contribution in [0.1, 0.15) is 24.2 Å². The fourth-order valence-electron chi connectivity index (χ4n) is 2.00. The molecule has 114 valence electrons. The molecule has 0 spiro atoms. The summed E-state index contributed by atoms with van der Waals surface area (Å²) in [7, 11) is 0. The molecule has 0 unspecified atom stereocenters. The molecule has 1 heterocycles. The van der Waals surface area contributed by atoms with Gasteiger partial charge in [0.15, 0.2) is 0 Å². The summed E-state index contributed by atoms with van der Waals surface area (Å²) in [5.74, 6) is -0.637. The van der Waals surface area contributed by atoms with Gasteiger partial charge in [-0.05, 0) is 58.2 Å². The fourth-order valence-corrected chi connectivity index (χ4v) is 2.48. The van der Waals surface area contributed by atoms with Crippen molar-refractivity contribution in [3.05, 3.63) is 46.7 Å². The molecule has 0 aliphatic rings. The van der Waals surface area contributed by atoms with Crippen molar-refractivity contribution in [2.45, 2.75) is 13.8 Å². The highest BCUT2D eigenvalue weighted by atomic mass is 79.9. The number of rotatable bonds is 4. The van der Waals surface area contributed by atoms with Crippen molar-refractivity contribution in [2.75, 3.05) is 11.9 Å². The van der Waals surface area contributed by atoms with Gasteiger partial charge >= 0.3 is 5.97 Å². The van der Waals surface area contributed by atoms with Gasteiger partial charge in [0.25, 0.3) is 0 Å². The van der Waals surface area contributed by atoms with E-state index >= 15 is 0 Å². The van der Waals surface area contributed by atoms with Crippen LogP contribution in [0.2, 0.25) is 0 Å². The summed E-state index contributed by atoms with van der Waals surface area (Å²) in [6.07, 6.45) is 3.33. The Morgan fingerprint density at radius 3 is 2.73 bits per heavy atom. The van der Waals surface area contributed by atoms with E-state index in [0.29, 0.717) is 11.3 Å². The molecular weight excluding hydrogens is 348 g/mol. The third-order valence-electron chi connectivity index (χ3n) is 2.85. The van der Waals surface area contributed by atoms with Crippen molar-refractivity contribution in [1.29, 1.82) is 0 Å². The summed E-state index contributed by atoms with van der Waals surface area (Å²) in [5.41, 5.74) is 2.57. The number of benzene rings is 1. The molecular formula is C16H15BrN2O3. The average Bonchev–Trinajstić information content (AvgIpc) is 2.47. The zero-order chi connectivity index (χ0) is 16.1. The lowest BCUT2D eigenvalue weighted by atomic mass is 10.0. The molecule has 1 amide bonds. The zero-order valence-electron chi connectivity index (χ0n) is 12.2. The first-order valence-corrected chi connectivity index (χ1v) is 7.50. The number of amides is 1. The lowest BCUT2D eigenvalue weighted by Crippen LogP contribution is -2.09. The van der Waals surface area contributed by atoms with E-state index in [1.807, 2.05) is 6.07 Å². The van der Waals surface area contributed by atoms with Crippen LogP contribution in [0.4, 0.5) is 5.69 Å². The topological polar surface area (TPSA) is 68.3 Å². The Labute approximate surface area is 136 Å². The van der Waals surface area contributed by atoms with Crippen molar-refractivity contribution in [3.63, 3.8) is 0 Å². The lowest BCUT2D eigenvalue weighted by Gasteiger charge is -2.11. The van der Waals surface area contributed by atoms with Crippen LogP contribution < -0.4 is 5.32 Å². The fraction of sp³-hybridized carbons (Fsp3) is 0.188. The Bertz CT molecular complexity index is 716. The van der Waals surface area contributed by atoms with Gasteiger partial charge in [0.1, 0.15) is 0 Å². The number of nitrogens with one attached hydrogen (secondary N) is 1. The molecule has 0 atom stereocenters. The van der Waals surface area contributed by atoms with Crippen LogP contribution in [0.5, 0.6) is 0 Å². The van der Waals surface area contributed by atoms with E-state index in [4.69, 9.17) is 4.74 Å². The number of nitrogens with zero attached hydrogens (tertiary/aromatic N) is 1. The Hall–Kier alpha value is -2.21. The summed E-state index contributed by atoms with van der Waals surface area (Å²) < 4.78 is 5.83. The molecule has 22 heavy (non-hydrogen) atoms. The quantitative estimate of drug-likeness (QED) is 0.842. The standard InChI is InChI=1S/C16H15BrN2O3/c1-3-22-16(21)12-6-11(7-13(8-12)19-10(2)20)14-4-5-18-9-15(14)17/h4-9H,3H2,1-2H3,(H,19,20). The second-order valence-corrected chi connectivity index (χ2v) is 5.41. The van der Waals surface area contributed by atoms with Crippen molar-refractivity contribution in [2.24, 2.45) is 0 Å². The van der Waals surface area contributed by atoms with Gasteiger partial charge < -0.3 is 10.1 Å². The number of esters is 1. The van der Waals surface area contributed by atoms with E-state index in [1.165, 1.54) is 6.92 Å². The summed E-state index contributed by atoms with van der Waals surface area (Å²) in [4.78, 5) is 27.3. The first-order valence-electron chi connectivity index (χ1n) is 6.71. The van der Waals surface area contributed by atoms with Crippen LogP contribution in [0.3, 0.4) is 0 Å². The lowest BCUT2D eigenvalue weighted by molar-refractivity contribution is -0.114. The van der Waals surface area contributed by atoms with Crippen molar-refractivity contribution in [1.82, 2.24) is 4.98 Å². The summed E-state index contributed by atoms with van der Waals surface area (Å²) in [6, 6.07) is 6.94. The van der Waals surface area contributed by atoms with Crippen LogP contribution in [0.25, 0.3) is 11.1 Å². The van der Waals surface area contributed by atoms with Gasteiger partial charge in [0.2, 0.25) is 5.91 Å². The van der Waals surface area contributed by atoms with Gasteiger partial charge in [-0.15, -0.1) is 0 Å². The van der Waals surface area contributed by atoms with Crippen LogP contribution in [-0.2, 0) is 9.53 Å². The molecule has 0 saturated carbocycles. The second-order valence-electron chi connectivity index (χ2n) is 4.56. The number of ether oxygens (including phenoxy) is 1. The third kappa shape index (κ3) is 3.92. The Morgan fingerprint density at radius 1 is 1.32 bits per heavy atom. The van der Waals surface area contributed by atoms with E-state index in [2.05, 4.69) is 26.2 Å². The normalized spacial score (nSPS) is 10.1. The molecule has 0 saturated heterocycles. The third-order valence-corrected chi connectivity index (χ3v) is 3.48. The largest absolute Gasteiger partial charge is 0.462 e. The first kappa shape index (κ1) is 16.2. The Balaban J connectivity index is 2.53. The van der Waals surface area contributed by atoms with E-state index in [-0.39, 0.29) is 12.5 Å². The molecule has 0 radical (unpaired) electrons. The van der Waals surface area contributed by atoms with Crippen LogP contribution in [0, 0.1) is 0 Å². The highest BCUT2D eigenvalue weighted by Gasteiger charge is 2.13. The predicted octanol–water partition coefficient (Wildman–Crippen LogP) is 3.65. The average molecular weight is 363 g/mol. The minimum absolute atomic E-state index is 0.208. The van der Waals surface area contributed by atoms with Crippen LogP contribution in [-0.4, -0.2) is 23.5 Å². The highest BCUT2D eigenvalue weighted by Crippen LogP contribution is 2.30. The van der Waals surface area contributed by atoms with Crippen LogP contribution in [0.15, 0.2) is 41.1 Å². The minimum atomic E-state index is -0.430. The molecule has 0 bridgehead atoms. The van der Waals surface area contributed by atoms with Gasteiger partial charge in [0, 0.05) is 29.5 Å². The van der Waals surface area contributed by atoms with Crippen molar-refractivity contribution in [3.8, 4) is 11.1 Å². The Morgan fingerprint density at radius 2 is 2.09 bits per heavy atom. The number of carbonyl (C=O) groups is 2. The smallest absolute Gasteiger partial charge is 0.338 e. The number of hydrogen-bond acceptors (Lipinski definition) is 4. The Kier molecular flexibility index (Phi) is 5.27. The van der Waals surface area contributed by atoms with E-state index in [9.17, 15) is 9.59 Å². The number of halogens is 1. The first-order chi connectivity index (χ1) is 10.5. The molecule has 6 heteroatoms.